The molecule has 1 rings (SSSR count). The Kier molecular flexibility index (Phi) is 3.77. The van der Waals surface area contributed by atoms with Gasteiger partial charge in [-0.2, -0.15) is 0 Å². The van der Waals surface area contributed by atoms with Crippen molar-refractivity contribution >= 4 is 12.9 Å². The molecule has 0 unspecified atom stereocenters. The van der Waals surface area contributed by atoms with E-state index in [1.165, 1.54) is 0 Å². The molecule has 0 bridgehead atoms. The van der Waals surface area contributed by atoms with Crippen LogP contribution in [-0.2, 0) is 4.65 Å². The zero-order valence-corrected chi connectivity index (χ0v) is 6.79. The van der Waals surface area contributed by atoms with Gasteiger partial charge in [0.1, 0.15) is 0 Å². The van der Waals surface area contributed by atoms with Crippen molar-refractivity contribution in [2.75, 3.05) is 6.61 Å². The van der Waals surface area contributed by atoms with Crippen molar-refractivity contribution in [2.24, 2.45) is 0 Å². The molecular weight excluding hydrogens is 135 g/mol. The number of benzene rings is 1. The Morgan fingerprint density at radius 1 is 1.27 bits per heavy atom. The Labute approximate surface area is 68.7 Å². The normalized spacial score (nSPS) is 9.55. The van der Waals surface area contributed by atoms with Gasteiger partial charge in [-0.1, -0.05) is 42.7 Å². The lowest BCUT2D eigenvalue weighted by Gasteiger charge is -1.98. The monoisotopic (exact) mass is 147 g/mol. The van der Waals surface area contributed by atoms with E-state index in [9.17, 15) is 0 Å². The molecule has 0 heterocycles. The van der Waals surface area contributed by atoms with Gasteiger partial charge in [0.25, 0.3) is 0 Å². The fourth-order valence-electron chi connectivity index (χ4n) is 0.805. The Hall–Kier alpha value is -0.755. The van der Waals surface area contributed by atoms with Gasteiger partial charge in [-0.3, -0.25) is 0 Å². The Morgan fingerprint density at radius 2 is 2.00 bits per heavy atom. The maximum Gasteiger partial charge on any atom is 0.329 e. The third-order valence-electron chi connectivity index (χ3n) is 1.34. The average molecular weight is 147 g/mol. The molecule has 2 heteroatoms. The van der Waals surface area contributed by atoms with E-state index < -0.39 is 0 Å². The van der Waals surface area contributed by atoms with Crippen LogP contribution in [-0.4, -0.2) is 14.1 Å². The summed E-state index contributed by atoms with van der Waals surface area (Å²) >= 11 is 0. The predicted molar refractivity (Wildman–Crippen MR) is 48.1 cm³/mol. The summed E-state index contributed by atoms with van der Waals surface area (Å²) in [5, 5.41) is 0. The first-order chi connectivity index (χ1) is 5.43. The fourth-order valence-corrected chi connectivity index (χ4v) is 0.805. The molecule has 1 aromatic rings. The molecule has 0 N–H and O–H groups in total. The minimum Gasteiger partial charge on any atom is -0.434 e. The van der Waals surface area contributed by atoms with Crippen molar-refractivity contribution in [3.8, 4) is 0 Å². The SMILES string of the molecule is CCCO[B]c1ccccc1. The Balaban J connectivity index is 2.28. The van der Waals surface area contributed by atoms with Gasteiger partial charge in [0.15, 0.2) is 0 Å². The van der Waals surface area contributed by atoms with Crippen LogP contribution in [0.15, 0.2) is 30.3 Å². The van der Waals surface area contributed by atoms with Gasteiger partial charge >= 0.3 is 7.48 Å². The Morgan fingerprint density at radius 3 is 2.64 bits per heavy atom. The van der Waals surface area contributed by atoms with Crippen molar-refractivity contribution in [3.05, 3.63) is 30.3 Å². The molecule has 0 spiro atoms. The second-order valence-electron chi connectivity index (χ2n) is 2.40. The molecule has 11 heavy (non-hydrogen) atoms. The second-order valence-corrected chi connectivity index (χ2v) is 2.40. The standard InChI is InChI=1S/C9H12BO/c1-2-8-11-10-9-6-4-3-5-7-9/h3-7H,2,8H2,1H3. The third-order valence-corrected chi connectivity index (χ3v) is 1.34. The summed E-state index contributed by atoms with van der Waals surface area (Å²) in [6, 6.07) is 10.0. The highest BCUT2D eigenvalue weighted by atomic mass is 16.4. The third kappa shape index (κ3) is 3.24. The second kappa shape index (κ2) is 4.97. The summed E-state index contributed by atoms with van der Waals surface area (Å²) < 4.78 is 5.24. The van der Waals surface area contributed by atoms with Crippen molar-refractivity contribution in [3.63, 3.8) is 0 Å². The molecule has 0 aliphatic rings. The zero-order valence-electron chi connectivity index (χ0n) is 6.79. The lowest BCUT2D eigenvalue weighted by molar-refractivity contribution is 0.341. The van der Waals surface area contributed by atoms with E-state index in [0.29, 0.717) is 0 Å². The molecule has 1 aromatic carbocycles. The van der Waals surface area contributed by atoms with E-state index in [4.69, 9.17) is 4.65 Å². The van der Waals surface area contributed by atoms with Gasteiger partial charge in [0, 0.05) is 6.61 Å². The molecule has 0 aromatic heterocycles. The highest BCUT2D eigenvalue weighted by Gasteiger charge is 1.93. The van der Waals surface area contributed by atoms with E-state index in [0.717, 1.165) is 18.5 Å². The van der Waals surface area contributed by atoms with Crippen LogP contribution in [0, 0.1) is 0 Å². The first kappa shape index (κ1) is 8.34. The van der Waals surface area contributed by atoms with Crippen molar-refractivity contribution < 1.29 is 4.65 Å². The Bertz CT molecular complexity index is 186. The molecule has 0 aliphatic carbocycles. The van der Waals surface area contributed by atoms with Crippen LogP contribution in [0.3, 0.4) is 0 Å². The molecule has 0 aliphatic heterocycles. The minimum absolute atomic E-state index is 0.800. The van der Waals surface area contributed by atoms with Gasteiger partial charge in [0.05, 0.1) is 0 Å². The number of hydrogen-bond donors (Lipinski definition) is 0. The van der Waals surface area contributed by atoms with Crippen LogP contribution in [0.4, 0.5) is 0 Å². The summed E-state index contributed by atoms with van der Waals surface area (Å²) in [6.45, 7) is 2.90. The van der Waals surface area contributed by atoms with E-state index >= 15 is 0 Å². The maximum absolute atomic E-state index is 5.24. The van der Waals surface area contributed by atoms with Gasteiger partial charge in [-0.25, -0.2) is 0 Å². The lowest BCUT2D eigenvalue weighted by atomic mass is 9.88. The first-order valence-corrected chi connectivity index (χ1v) is 3.93. The van der Waals surface area contributed by atoms with Crippen molar-refractivity contribution in [1.82, 2.24) is 0 Å². The van der Waals surface area contributed by atoms with Crippen LogP contribution in [0.2, 0.25) is 0 Å². The topological polar surface area (TPSA) is 9.23 Å². The zero-order chi connectivity index (χ0) is 7.94. The minimum atomic E-state index is 0.800. The molecule has 57 valence electrons. The number of hydrogen-bond acceptors (Lipinski definition) is 1. The molecule has 1 radical (unpaired) electrons. The smallest absolute Gasteiger partial charge is 0.329 e. The molecular formula is C9H12BO. The van der Waals surface area contributed by atoms with Crippen LogP contribution < -0.4 is 5.46 Å². The summed E-state index contributed by atoms with van der Waals surface area (Å²) in [5.41, 5.74) is 1.13. The molecule has 1 nitrogen and oxygen atoms in total. The predicted octanol–water partition coefficient (Wildman–Crippen LogP) is 1.36. The highest BCUT2D eigenvalue weighted by Crippen LogP contribution is 1.83. The summed E-state index contributed by atoms with van der Waals surface area (Å²) in [4.78, 5) is 0. The van der Waals surface area contributed by atoms with E-state index in [1.54, 1.807) is 7.48 Å². The largest absolute Gasteiger partial charge is 0.434 e. The van der Waals surface area contributed by atoms with Crippen LogP contribution in [0.25, 0.3) is 0 Å². The van der Waals surface area contributed by atoms with Crippen LogP contribution in [0.5, 0.6) is 0 Å². The van der Waals surface area contributed by atoms with E-state index in [2.05, 4.69) is 6.92 Å². The molecule has 0 fully saturated rings. The van der Waals surface area contributed by atoms with Crippen molar-refractivity contribution in [2.45, 2.75) is 13.3 Å². The number of rotatable bonds is 4. The highest BCUT2D eigenvalue weighted by molar-refractivity contribution is 6.46. The average Bonchev–Trinajstić information content (AvgIpc) is 2.07. The summed E-state index contributed by atoms with van der Waals surface area (Å²) in [5.74, 6) is 0. The van der Waals surface area contributed by atoms with Gasteiger partial charge in [-0.05, 0) is 6.42 Å². The van der Waals surface area contributed by atoms with E-state index in [-0.39, 0.29) is 0 Å². The van der Waals surface area contributed by atoms with Crippen molar-refractivity contribution in [1.29, 1.82) is 0 Å². The van der Waals surface area contributed by atoms with Gasteiger partial charge < -0.3 is 4.65 Å². The molecule has 0 atom stereocenters. The molecule has 0 saturated heterocycles. The van der Waals surface area contributed by atoms with Crippen LogP contribution in [0.1, 0.15) is 13.3 Å². The van der Waals surface area contributed by atoms with Gasteiger partial charge in [0.2, 0.25) is 0 Å². The maximum atomic E-state index is 5.24. The quantitative estimate of drug-likeness (QED) is 0.461. The summed E-state index contributed by atoms with van der Waals surface area (Å²) in [7, 11) is 1.80. The lowest BCUT2D eigenvalue weighted by Crippen LogP contribution is -2.16. The van der Waals surface area contributed by atoms with E-state index in [1.807, 2.05) is 30.3 Å². The molecule has 0 amide bonds. The molecule has 0 saturated carbocycles. The fraction of sp³-hybridized carbons (Fsp3) is 0.333. The first-order valence-electron chi connectivity index (χ1n) is 3.93. The summed E-state index contributed by atoms with van der Waals surface area (Å²) in [6.07, 6.45) is 1.06. The van der Waals surface area contributed by atoms with Gasteiger partial charge in [-0.15, -0.1) is 0 Å². The van der Waals surface area contributed by atoms with Crippen LogP contribution >= 0.6 is 0 Å².